The molecular weight excluding hydrogens is 234 g/mol. The van der Waals surface area contributed by atoms with Crippen molar-refractivity contribution in [2.24, 2.45) is 0 Å². The van der Waals surface area contributed by atoms with E-state index >= 15 is 0 Å². The van der Waals surface area contributed by atoms with Crippen LogP contribution in [0.5, 0.6) is 0 Å². The summed E-state index contributed by atoms with van der Waals surface area (Å²) in [5.74, 6) is 0. The molecule has 4 heteroatoms. The van der Waals surface area contributed by atoms with Gasteiger partial charge in [-0.1, -0.05) is 0 Å². The maximum absolute atomic E-state index is 8.60. The van der Waals surface area contributed by atoms with Gasteiger partial charge in [0.2, 0.25) is 0 Å². The normalized spacial score (nSPS) is 10.9. The van der Waals surface area contributed by atoms with Gasteiger partial charge in [0.05, 0.1) is 0 Å². The molecule has 7 heavy (non-hydrogen) atoms. The fraction of sp³-hybridized carbons (Fsp3) is 1.00. The van der Waals surface area contributed by atoms with Crippen molar-refractivity contribution in [1.82, 2.24) is 0 Å². The molecule has 0 aromatic heterocycles. The molecule has 0 spiro atoms. The molecule has 0 aliphatic carbocycles. The summed E-state index contributed by atoms with van der Waals surface area (Å²) in [6.07, 6.45) is 5.48. The molecule has 0 unspecified atom stereocenters. The Hall–Kier alpha value is 2.04. The first-order valence-corrected chi connectivity index (χ1v) is 4.22. The van der Waals surface area contributed by atoms with Gasteiger partial charge >= 0.3 is 29.6 Å². The maximum atomic E-state index is 8.60. The van der Waals surface area contributed by atoms with Crippen molar-refractivity contribution in [1.29, 1.82) is 0 Å². The van der Waals surface area contributed by atoms with Crippen LogP contribution in [0, 0.1) is 0 Å². The van der Waals surface area contributed by atoms with Crippen LogP contribution in [0.4, 0.5) is 0 Å². The van der Waals surface area contributed by atoms with E-state index < -0.39 is 10.3 Å². The Kier molecular flexibility index (Phi) is 14.1. The number of rotatable bonds is 0. The third-order valence-electron chi connectivity index (χ3n) is 0. The van der Waals surface area contributed by atoms with Crippen molar-refractivity contribution in [2.45, 2.75) is 0 Å². The molecule has 0 saturated carbocycles. The van der Waals surface area contributed by atoms with Gasteiger partial charge in [-0.3, -0.25) is 0 Å². The van der Waals surface area contributed by atoms with Crippen LogP contribution in [-0.2, 0) is 0 Å². The van der Waals surface area contributed by atoms with E-state index in [1.807, 2.05) is 18.8 Å². The first-order valence-electron chi connectivity index (χ1n) is 1.41. The zero-order valence-corrected chi connectivity index (χ0v) is 7.41. The SMILES string of the molecule is CS(C)(C)O.I.[NaH]. The quantitative estimate of drug-likeness (QED) is 0.501. The van der Waals surface area contributed by atoms with Gasteiger partial charge in [-0.05, 0) is 18.8 Å². The molecule has 0 aromatic carbocycles. The second-order valence-corrected chi connectivity index (χ2v) is 5.32. The van der Waals surface area contributed by atoms with Crippen LogP contribution in [0.1, 0.15) is 0 Å². The van der Waals surface area contributed by atoms with Gasteiger partial charge in [-0.25, -0.2) is 0 Å². The van der Waals surface area contributed by atoms with Gasteiger partial charge in [0.15, 0.2) is 0 Å². The Labute approximate surface area is 86.1 Å². The van der Waals surface area contributed by atoms with Crippen molar-refractivity contribution in [3.63, 3.8) is 0 Å². The fourth-order valence-corrected chi connectivity index (χ4v) is 0. The average molecular weight is 246 g/mol. The summed E-state index contributed by atoms with van der Waals surface area (Å²) in [6.45, 7) is 0. The van der Waals surface area contributed by atoms with Gasteiger partial charge < -0.3 is 4.55 Å². The topological polar surface area (TPSA) is 20.2 Å². The average Bonchev–Trinajstić information content (AvgIpc) is 0.722. The van der Waals surface area contributed by atoms with Crippen molar-refractivity contribution < 1.29 is 4.55 Å². The number of halogens is 1. The standard InChI is InChI=1S/C3H10OS.HI.Na.H/c1-5(2,3)4;;;/h4H,1-3H3;1H;;. The summed E-state index contributed by atoms with van der Waals surface area (Å²) < 4.78 is 8.60. The first-order chi connectivity index (χ1) is 2.00. The predicted molar refractivity (Wildman–Crippen MR) is 50.6 cm³/mol. The van der Waals surface area contributed by atoms with Crippen molar-refractivity contribution in [3.05, 3.63) is 0 Å². The Balaban J connectivity index is -0.0000000800. The monoisotopic (exact) mass is 246 g/mol. The zero-order chi connectivity index (χ0) is 4.50. The minimum absolute atomic E-state index is 0. The molecule has 0 amide bonds. The molecule has 0 bridgehead atoms. The van der Waals surface area contributed by atoms with Gasteiger partial charge in [0.1, 0.15) is 0 Å². The van der Waals surface area contributed by atoms with Gasteiger partial charge in [0, 0.05) is 0 Å². The second-order valence-electron chi connectivity index (χ2n) is 1.77. The van der Waals surface area contributed by atoms with Crippen LogP contribution < -0.4 is 0 Å². The molecule has 0 fully saturated rings. The summed E-state index contributed by atoms with van der Waals surface area (Å²) >= 11 is 0. The van der Waals surface area contributed by atoms with E-state index in [0.717, 1.165) is 0 Å². The van der Waals surface area contributed by atoms with Crippen LogP contribution in [0.3, 0.4) is 0 Å². The third kappa shape index (κ3) is 70.5. The van der Waals surface area contributed by atoms with Crippen LogP contribution in [-0.4, -0.2) is 52.9 Å². The minimum atomic E-state index is -1.17. The first kappa shape index (κ1) is 16.0. The Morgan fingerprint density at radius 1 is 1.14 bits per heavy atom. The fourth-order valence-electron chi connectivity index (χ4n) is 0. The van der Waals surface area contributed by atoms with Crippen molar-refractivity contribution in [3.8, 4) is 0 Å². The zero-order valence-electron chi connectivity index (χ0n) is 4.26. The molecule has 0 atom stereocenters. The van der Waals surface area contributed by atoms with E-state index in [1.54, 1.807) is 0 Å². The molecule has 0 aromatic rings. The summed E-state index contributed by atoms with van der Waals surface area (Å²) in [5, 5.41) is 0. The summed E-state index contributed by atoms with van der Waals surface area (Å²) in [6, 6.07) is 0. The van der Waals surface area contributed by atoms with Crippen LogP contribution >= 0.6 is 34.3 Å². The molecular formula is C3H12INaOS. The Morgan fingerprint density at radius 2 is 1.14 bits per heavy atom. The molecule has 0 saturated heterocycles. The summed E-state index contributed by atoms with van der Waals surface area (Å²) in [5.41, 5.74) is 0. The second kappa shape index (κ2) is 6.16. The van der Waals surface area contributed by atoms with Crippen LogP contribution in [0.15, 0.2) is 0 Å². The van der Waals surface area contributed by atoms with E-state index in [2.05, 4.69) is 0 Å². The molecule has 1 nitrogen and oxygen atoms in total. The molecule has 0 heterocycles. The van der Waals surface area contributed by atoms with Crippen LogP contribution in [0.2, 0.25) is 0 Å². The molecule has 0 rings (SSSR count). The van der Waals surface area contributed by atoms with Gasteiger partial charge in [-0.2, -0.15) is 0 Å². The Bertz CT molecular complexity index is 30.4. The molecule has 0 aliphatic heterocycles. The van der Waals surface area contributed by atoms with E-state index in [4.69, 9.17) is 4.55 Å². The van der Waals surface area contributed by atoms with Crippen molar-refractivity contribution in [2.75, 3.05) is 18.8 Å². The van der Waals surface area contributed by atoms with Crippen LogP contribution in [0.25, 0.3) is 0 Å². The molecule has 1 N–H and O–H groups in total. The third-order valence-corrected chi connectivity index (χ3v) is 0. The van der Waals surface area contributed by atoms with E-state index in [-0.39, 0.29) is 53.5 Å². The van der Waals surface area contributed by atoms with E-state index in [1.165, 1.54) is 0 Å². The van der Waals surface area contributed by atoms with Gasteiger partial charge in [0.25, 0.3) is 0 Å². The summed E-state index contributed by atoms with van der Waals surface area (Å²) in [4.78, 5) is 0. The van der Waals surface area contributed by atoms with E-state index in [9.17, 15) is 0 Å². The van der Waals surface area contributed by atoms with E-state index in [0.29, 0.717) is 0 Å². The number of hydrogen-bond donors (Lipinski definition) is 1. The molecule has 44 valence electrons. The molecule has 0 aliphatic rings. The van der Waals surface area contributed by atoms with Crippen molar-refractivity contribution >= 4 is 63.8 Å². The molecule has 0 radical (unpaired) electrons. The van der Waals surface area contributed by atoms with Gasteiger partial charge in [-0.15, -0.1) is 34.3 Å². The predicted octanol–water partition coefficient (Wildman–Crippen LogP) is 1.12. The Morgan fingerprint density at radius 3 is 1.14 bits per heavy atom. The number of hydrogen-bond acceptors (Lipinski definition) is 1. The summed E-state index contributed by atoms with van der Waals surface area (Å²) in [7, 11) is -1.17.